The lowest BCUT2D eigenvalue weighted by Gasteiger charge is -2.18. The standard InChI is InChI=1S/C23H49O3P/c1-4-7-9-11-13-15-17-19-21-25-27(24,23-6-3)26-22-20-18-16-14-12-10-8-5-2/h4-23H2,1-3H3. The van der Waals surface area contributed by atoms with E-state index in [9.17, 15) is 4.57 Å². The first-order chi connectivity index (χ1) is 13.2. The zero-order chi connectivity index (χ0) is 20.1. The smallest absolute Gasteiger partial charge is 0.309 e. The van der Waals surface area contributed by atoms with Gasteiger partial charge < -0.3 is 9.05 Å². The average molecular weight is 405 g/mol. The van der Waals surface area contributed by atoms with Crippen LogP contribution in [0.15, 0.2) is 0 Å². The molecule has 0 bridgehead atoms. The molecule has 3 nitrogen and oxygen atoms in total. The Morgan fingerprint density at radius 3 is 1.15 bits per heavy atom. The van der Waals surface area contributed by atoms with Crippen LogP contribution in [-0.4, -0.2) is 19.4 Å². The lowest BCUT2D eigenvalue weighted by Crippen LogP contribution is -2.03. The fraction of sp³-hybridized carbons (Fsp3) is 1.00. The molecule has 0 saturated carbocycles. The van der Waals surface area contributed by atoms with Gasteiger partial charge in [-0.2, -0.15) is 0 Å². The Kier molecular flexibility index (Phi) is 21.0. The fourth-order valence-electron chi connectivity index (χ4n) is 3.32. The predicted octanol–water partition coefficient (Wildman–Crippen LogP) is 8.90. The Labute approximate surface area is 170 Å². The summed E-state index contributed by atoms with van der Waals surface area (Å²) in [7, 11) is -2.86. The van der Waals surface area contributed by atoms with E-state index in [1.54, 1.807) is 0 Å². The summed E-state index contributed by atoms with van der Waals surface area (Å²) in [6.07, 6.45) is 21.7. The van der Waals surface area contributed by atoms with Crippen molar-refractivity contribution < 1.29 is 13.6 Å². The van der Waals surface area contributed by atoms with E-state index >= 15 is 0 Å². The van der Waals surface area contributed by atoms with Crippen molar-refractivity contribution in [1.29, 1.82) is 0 Å². The highest BCUT2D eigenvalue weighted by Crippen LogP contribution is 2.49. The van der Waals surface area contributed by atoms with Gasteiger partial charge in [-0.25, -0.2) is 0 Å². The number of hydrogen-bond donors (Lipinski definition) is 0. The lowest BCUT2D eigenvalue weighted by atomic mass is 10.1. The zero-order valence-corrected chi connectivity index (χ0v) is 19.7. The summed E-state index contributed by atoms with van der Waals surface area (Å²) >= 11 is 0. The molecule has 0 fully saturated rings. The van der Waals surface area contributed by atoms with Crippen molar-refractivity contribution in [3.8, 4) is 0 Å². The normalized spacial score (nSPS) is 12.0. The van der Waals surface area contributed by atoms with E-state index in [2.05, 4.69) is 13.8 Å². The van der Waals surface area contributed by atoms with E-state index in [-0.39, 0.29) is 0 Å². The minimum Gasteiger partial charge on any atom is -0.309 e. The Hall–Kier alpha value is 0.150. The van der Waals surface area contributed by atoms with E-state index in [1.807, 2.05) is 6.92 Å². The molecule has 0 rings (SSSR count). The molecule has 0 aliphatic rings. The van der Waals surface area contributed by atoms with Crippen molar-refractivity contribution in [3.63, 3.8) is 0 Å². The third-order valence-corrected chi connectivity index (χ3v) is 7.22. The molecule has 0 unspecified atom stereocenters. The van der Waals surface area contributed by atoms with Crippen LogP contribution in [0.3, 0.4) is 0 Å². The second-order valence-electron chi connectivity index (χ2n) is 7.95. The molecule has 0 radical (unpaired) electrons. The van der Waals surface area contributed by atoms with Gasteiger partial charge >= 0.3 is 7.60 Å². The van der Waals surface area contributed by atoms with Gasteiger partial charge in [0, 0.05) is 6.16 Å². The first-order valence-corrected chi connectivity index (χ1v) is 13.8. The molecule has 0 amide bonds. The van der Waals surface area contributed by atoms with Gasteiger partial charge in [-0.05, 0) is 19.3 Å². The molecule has 0 aromatic carbocycles. The topological polar surface area (TPSA) is 35.5 Å². The van der Waals surface area contributed by atoms with Crippen molar-refractivity contribution in [2.24, 2.45) is 0 Å². The monoisotopic (exact) mass is 404 g/mol. The van der Waals surface area contributed by atoms with E-state index in [1.165, 1.54) is 89.9 Å². The number of hydrogen-bond acceptors (Lipinski definition) is 3. The van der Waals surface area contributed by atoms with E-state index in [4.69, 9.17) is 9.05 Å². The molecule has 164 valence electrons. The highest BCUT2D eigenvalue weighted by Gasteiger charge is 2.22. The molecule has 0 saturated heterocycles. The molecule has 0 heterocycles. The van der Waals surface area contributed by atoms with Crippen LogP contribution in [0.25, 0.3) is 0 Å². The molecular formula is C23H49O3P. The van der Waals surface area contributed by atoms with Crippen molar-refractivity contribution in [2.75, 3.05) is 19.4 Å². The molecule has 0 aromatic rings. The summed E-state index contributed by atoms with van der Waals surface area (Å²) in [5.41, 5.74) is 0. The zero-order valence-electron chi connectivity index (χ0n) is 18.8. The summed E-state index contributed by atoms with van der Waals surface area (Å²) in [5, 5.41) is 0. The summed E-state index contributed by atoms with van der Waals surface area (Å²) < 4.78 is 24.2. The van der Waals surface area contributed by atoms with Crippen molar-refractivity contribution in [3.05, 3.63) is 0 Å². The van der Waals surface area contributed by atoms with Gasteiger partial charge in [0.05, 0.1) is 13.2 Å². The lowest BCUT2D eigenvalue weighted by molar-refractivity contribution is 0.197. The SMILES string of the molecule is CCCCCCCCCCOP(=O)(CCC)OCCCCCCCCCC. The van der Waals surface area contributed by atoms with Gasteiger partial charge in [-0.1, -0.05) is 111 Å². The second-order valence-corrected chi connectivity index (χ2v) is 10.1. The van der Waals surface area contributed by atoms with Crippen LogP contribution in [0.5, 0.6) is 0 Å². The first kappa shape index (κ1) is 27.1. The van der Waals surface area contributed by atoms with E-state index in [0.29, 0.717) is 19.4 Å². The molecular weight excluding hydrogens is 355 g/mol. The number of unbranched alkanes of at least 4 members (excludes halogenated alkanes) is 14. The maximum atomic E-state index is 12.8. The summed E-state index contributed by atoms with van der Waals surface area (Å²) in [6.45, 7) is 7.73. The minimum absolute atomic E-state index is 0.557. The molecule has 0 aliphatic carbocycles. The predicted molar refractivity (Wildman–Crippen MR) is 120 cm³/mol. The molecule has 4 heteroatoms. The summed E-state index contributed by atoms with van der Waals surface area (Å²) in [5.74, 6) is 0. The van der Waals surface area contributed by atoms with Crippen LogP contribution in [0.1, 0.15) is 130 Å². The maximum absolute atomic E-state index is 12.8. The summed E-state index contributed by atoms with van der Waals surface area (Å²) in [4.78, 5) is 0. The van der Waals surface area contributed by atoms with E-state index in [0.717, 1.165) is 19.3 Å². The van der Waals surface area contributed by atoms with Crippen molar-refractivity contribution >= 4 is 7.60 Å². The Morgan fingerprint density at radius 1 is 0.481 bits per heavy atom. The average Bonchev–Trinajstić information content (AvgIpc) is 2.66. The van der Waals surface area contributed by atoms with Gasteiger partial charge in [0.2, 0.25) is 0 Å². The molecule has 0 aliphatic heterocycles. The van der Waals surface area contributed by atoms with Gasteiger partial charge in [0.15, 0.2) is 0 Å². The molecule has 0 atom stereocenters. The molecule has 27 heavy (non-hydrogen) atoms. The van der Waals surface area contributed by atoms with Crippen molar-refractivity contribution in [2.45, 2.75) is 130 Å². The van der Waals surface area contributed by atoms with Gasteiger partial charge in [-0.3, -0.25) is 4.57 Å². The van der Waals surface area contributed by atoms with Gasteiger partial charge in [0.1, 0.15) is 0 Å². The molecule has 0 N–H and O–H groups in total. The second kappa shape index (κ2) is 20.9. The van der Waals surface area contributed by atoms with Crippen LogP contribution in [0.2, 0.25) is 0 Å². The maximum Gasteiger partial charge on any atom is 0.330 e. The van der Waals surface area contributed by atoms with Crippen molar-refractivity contribution in [1.82, 2.24) is 0 Å². The highest BCUT2D eigenvalue weighted by atomic mass is 31.2. The highest BCUT2D eigenvalue weighted by molar-refractivity contribution is 7.53. The third-order valence-electron chi connectivity index (χ3n) is 5.07. The van der Waals surface area contributed by atoms with E-state index < -0.39 is 7.60 Å². The minimum atomic E-state index is -2.86. The number of rotatable bonds is 22. The van der Waals surface area contributed by atoms with Crippen LogP contribution >= 0.6 is 7.60 Å². The largest absolute Gasteiger partial charge is 0.330 e. The molecule has 0 spiro atoms. The Balaban J connectivity index is 3.65. The van der Waals surface area contributed by atoms with Crippen LogP contribution in [0, 0.1) is 0 Å². The summed E-state index contributed by atoms with van der Waals surface area (Å²) in [6, 6.07) is 0. The van der Waals surface area contributed by atoms with Gasteiger partial charge in [0.25, 0.3) is 0 Å². The Morgan fingerprint density at radius 2 is 0.815 bits per heavy atom. The van der Waals surface area contributed by atoms with Crippen LogP contribution in [-0.2, 0) is 13.6 Å². The van der Waals surface area contributed by atoms with Crippen LogP contribution < -0.4 is 0 Å². The van der Waals surface area contributed by atoms with Gasteiger partial charge in [-0.15, -0.1) is 0 Å². The fourth-order valence-corrected chi connectivity index (χ4v) is 5.01. The quantitative estimate of drug-likeness (QED) is 0.133. The first-order valence-electron chi connectivity index (χ1n) is 12.1. The third kappa shape index (κ3) is 19.2. The molecule has 0 aromatic heterocycles. The van der Waals surface area contributed by atoms with Crippen LogP contribution in [0.4, 0.5) is 0 Å². The Bertz CT molecular complexity index is 308.